The first-order valence-electron chi connectivity index (χ1n) is 4.69. The molecule has 0 N–H and O–H groups in total. The van der Waals surface area contributed by atoms with Gasteiger partial charge in [0, 0.05) is 12.1 Å². The smallest absolute Gasteiger partial charge is 0.284 e. The van der Waals surface area contributed by atoms with Gasteiger partial charge in [-0.3, -0.25) is 4.57 Å². The highest BCUT2D eigenvalue weighted by Gasteiger charge is 2.18. The Labute approximate surface area is 101 Å². The van der Waals surface area contributed by atoms with Crippen molar-refractivity contribution in [3.8, 4) is 11.8 Å². The summed E-state index contributed by atoms with van der Waals surface area (Å²) in [7, 11) is 1.34. The van der Waals surface area contributed by atoms with E-state index in [9.17, 15) is 9.18 Å². The zero-order chi connectivity index (χ0) is 12.6. The van der Waals surface area contributed by atoms with Crippen LogP contribution in [0.4, 0.5) is 4.39 Å². The van der Waals surface area contributed by atoms with Crippen molar-refractivity contribution in [3.63, 3.8) is 0 Å². The van der Waals surface area contributed by atoms with E-state index in [-0.39, 0.29) is 5.69 Å². The standard InChI is InChI=1S/C11H7ClFN3O/c1-15-9(6-14)10(13)16(11(15)17)8-4-2-7(12)3-5-8/h2-5H,1H3. The molecule has 0 atom stereocenters. The van der Waals surface area contributed by atoms with Crippen LogP contribution in [0.1, 0.15) is 5.69 Å². The van der Waals surface area contributed by atoms with Crippen molar-refractivity contribution < 1.29 is 4.39 Å². The number of nitriles is 1. The minimum atomic E-state index is -0.873. The van der Waals surface area contributed by atoms with Gasteiger partial charge in [0.05, 0.1) is 5.69 Å². The number of imidazole rings is 1. The molecule has 4 nitrogen and oxygen atoms in total. The summed E-state index contributed by atoms with van der Waals surface area (Å²) in [5.41, 5.74) is -0.583. The Kier molecular flexibility index (Phi) is 2.74. The molecule has 2 aromatic rings. The molecule has 2 rings (SSSR count). The molecule has 1 aromatic carbocycles. The number of nitrogens with zero attached hydrogens (tertiary/aromatic N) is 3. The fraction of sp³-hybridized carbons (Fsp3) is 0.0909. The first-order chi connectivity index (χ1) is 8.06. The highest BCUT2D eigenvalue weighted by atomic mass is 35.5. The molecule has 0 radical (unpaired) electrons. The SMILES string of the molecule is Cn1c(C#N)c(F)n(-c2ccc(Cl)cc2)c1=O. The highest BCUT2D eigenvalue weighted by molar-refractivity contribution is 6.30. The summed E-state index contributed by atoms with van der Waals surface area (Å²) in [6.07, 6.45) is 0. The molecule has 0 aliphatic heterocycles. The van der Waals surface area contributed by atoms with E-state index in [1.807, 2.05) is 0 Å². The van der Waals surface area contributed by atoms with E-state index in [1.54, 1.807) is 18.2 Å². The van der Waals surface area contributed by atoms with E-state index < -0.39 is 11.6 Å². The molecule has 6 heteroatoms. The first kappa shape index (κ1) is 11.4. The number of hydrogen-bond donors (Lipinski definition) is 0. The van der Waals surface area contributed by atoms with Gasteiger partial charge in [-0.05, 0) is 24.3 Å². The lowest BCUT2D eigenvalue weighted by Crippen LogP contribution is -2.21. The summed E-state index contributed by atoms with van der Waals surface area (Å²) in [5.74, 6) is -0.873. The number of rotatable bonds is 1. The molecule has 0 aliphatic rings. The van der Waals surface area contributed by atoms with Crippen molar-refractivity contribution in [3.05, 3.63) is 51.4 Å². The van der Waals surface area contributed by atoms with Crippen LogP contribution in [0.25, 0.3) is 5.69 Å². The van der Waals surface area contributed by atoms with E-state index in [1.165, 1.54) is 19.2 Å². The molecule has 0 aliphatic carbocycles. The van der Waals surface area contributed by atoms with Gasteiger partial charge in [-0.2, -0.15) is 9.65 Å². The Morgan fingerprint density at radius 2 is 1.94 bits per heavy atom. The lowest BCUT2D eigenvalue weighted by atomic mass is 10.3. The minimum absolute atomic E-state index is 0.301. The van der Waals surface area contributed by atoms with Crippen molar-refractivity contribution in [2.75, 3.05) is 0 Å². The van der Waals surface area contributed by atoms with Crippen LogP contribution in [0.2, 0.25) is 5.02 Å². The molecule has 1 aromatic heterocycles. The minimum Gasteiger partial charge on any atom is -0.284 e. The maximum absolute atomic E-state index is 13.8. The summed E-state index contributed by atoms with van der Waals surface area (Å²) in [6.45, 7) is 0. The van der Waals surface area contributed by atoms with E-state index in [4.69, 9.17) is 16.9 Å². The summed E-state index contributed by atoms with van der Waals surface area (Å²) in [5, 5.41) is 9.23. The van der Waals surface area contributed by atoms with Crippen molar-refractivity contribution in [2.45, 2.75) is 0 Å². The maximum Gasteiger partial charge on any atom is 0.335 e. The maximum atomic E-state index is 13.8. The molecule has 0 saturated heterocycles. The molecule has 1 heterocycles. The average molecular weight is 252 g/mol. The predicted octanol–water partition coefficient (Wildman–Crippen LogP) is 1.84. The fourth-order valence-corrected chi connectivity index (χ4v) is 1.63. The quantitative estimate of drug-likeness (QED) is 0.777. The molecule has 0 unspecified atom stereocenters. The molecule has 0 saturated carbocycles. The monoisotopic (exact) mass is 251 g/mol. The predicted molar refractivity (Wildman–Crippen MR) is 60.7 cm³/mol. The Hall–Kier alpha value is -2.06. The van der Waals surface area contributed by atoms with Crippen LogP contribution in [0.15, 0.2) is 29.1 Å². The third-order valence-electron chi connectivity index (χ3n) is 2.40. The van der Waals surface area contributed by atoms with Gasteiger partial charge in [0.15, 0.2) is 5.69 Å². The van der Waals surface area contributed by atoms with Crippen LogP contribution in [0.5, 0.6) is 0 Å². The largest absolute Gasteiger partial charge is 0.335 e. The van der Waals surface area contributed by atoms with Crippen LogP contribution < -0.4 is 5.69 Å². The van der Waals surface area contributed by atoms with Gasteiger partial charge in [0.25, 0.3) is 0 Å². The van der Waals surface area contributed by atoms with Crippen molar-refractivity contribution in [1.29, 1.82) is 5.26 Å². The number of hydrogen-bond acceptors (Lipinski definition) is 2. The number of halogens is 2. The Bertz CT molecular complexity index is 664. The van der Waals surface area contributed by atoms with Crippen molar-refractivity contribution >= 4 is 11.6 Å². The van der Waals surface area contributed by atoms with Gasteiger partial charge < -0.3 is 0 Å². The Morgan fingerprint density at radius 3 is 2.41 bits per heavy atom. The first-order valence-corrected chi connectivity index (χ1v) is 5.07. The average Bonchev–Trinajstić information content (AvgIpc) is 2.52. The zero-order valence-electron chi connectivity index (χ0n) is 8.82. The van der Waals surface area contributed by atoms with Gasteiger partial charge in [0.2, 0.25) is 5.95 Å². The van der Waals surface area contributed by atoms with Crippen LogP contribution in [-0.2, 0) is 7.05 Å². The third-order valence-corrected chi connectivity index (χ3v) is 2.65. The molecule has 86 valence electrons. The molecule has 0 spiro atoms. The third kappa shape index (κ3) is 1.73. The van der Waals surface area contributed by atoms with Gasteiger partial charge in [-0.25, -0.2) is 9.36 Å². The van der Waals surface area contributed by atoms with Gasteiger partial charge in [-0.15, -0.1) is 0 Å². The molecule has 0 amide bonds. The van der Waals surface area contributed by atoms with Crippen molar-refractivity contribution in [1.82, 2.24) is 9.13 Å². The van der Waals surface area contributed by atoms with Crippen LogP contribution in [-0.4, -0.2) is 9.13 Å². The lowest BCUT2D eigenvalue weighted by Gasteiger charge is -2.01. The molecule has 17 heavy (non-hydrogen) atoms. The second kappa shape index (κ2) is 4.07. The van der Waals surface area contributed by atoms with E-state index in [0.29, 0.717) is 10.7 Å². The fourth-order valence-electron chi connectivity index (χ4n) is 1.51. The van der Waals surface area contributed by atoms with Gasteiger partial charge in [0.1, 0.15) is 6.07 Å². The second-order valence-electron chi connectivity index (χ2n) is 3.40. The molecular formula is C11H7ClFN3O. The van der Waals surface area contributed by atoms with E-state index in [2.05, 4.69) is 0 Å². The summed E-state index contributed by atoms with van der Waals surface area (Å²) >= 11 is 5.70. The second-order valence-corrected chi connectivity index (χ2v) is 3.84. The summed E-state index contributed by atoms with van der Waals surface area (Å²) < 4.78 is 15.6. The molecule has 0 bridgehead atoms. The lowest BCUT2D eigenvalue weighted by molar-refractivity contribution is 0.552. The normalized spacial score (nSPS) is 10.2. The van der Waals surface area contributed by atoms with Crippen LogP contribution >= 0.6 is 11.6 Å². The number of aromatic nitrogens is 2. The summed E-state index contributed by atoms with van der Waals surface area (Å²) in [4.78, 5) is 11.8. The summed E-state index contributed by atoms with van der Waals surface area (Å²) in [6, 6.07) is 7.75. The van der Waals surface area contributed by atoms with E-state index in [0.717, 1.165) is 9.13 Å². The van der Waals surface area contributed by atoms with Crippen LogP contribution in [0, 0.1) is 17.3 Å². The van der Waals surface area contributed by atoms with E-state index >= 15 is 0 Å². The number of benzene rings is 1. The Morgan fingerprint density at radius 1 is 1.35 bits per heavy atom. The van der Waals surface area contributed by atoms with Gasteiger partial charge in [-0.1, -0.05) is 11.6 Å². The topological polar surface area (TPSA) is 50.7 Å². The zero-order valence-corrected chi connectivity index (χ0v) is 9.57. The van der Waals surface area contributed by atoms with Gasteiger partial charge >= 0.3 is 5.69 Å². The van der Waals surface area contributed by atoms with Crippen molar-refractivity contribution in [2.24, 2.45) is 7.05 Å². The molecular weight excluding hydrogens is 245 g/mol. The highest BCUT2D eigenvalue weighted by Crippen LogP contribution is 2.15. The van der Waals surface area contributed by atoms with Crippen LogP contribution in [0.3, 0.4) is 0 Å². The molecule has 0 fully saturated rings. The Balaban J connectivity index is 2.73.